The van der Waals surface area contributed by atoms with Crippen LogP contribution in [0.25, 0.3) is 0 Å². The van der Waals surface area contributed by atoms with Crippen molar-refractivity contribution in [1.82, 2.24) is 0 Å². The minimum Gasteiger partial charge on any atom is -0.493 e. The molecule has 1 aliphatic carbocycles. The molecule has 1 aliphatic rings. The molecule has 2 N–H and O–H groups in total. The highest BCUT2D eigenvalue weighted by atomic mass is 16.5. The summed E-state index contributed by atoms with van der Waals surface area (Å²) < 4.78 is 5.88. The lowest BCUT2D eigenvalue weighted by Gasteiger charge is -2.20. The molecular formula is C14H21NO. The summed E-state index contributed by atoms with van der Waals surface area (Å²) in [4.78, 5) is 0. The van der Waals surface area contributed by atoms with Gasteiger partial charge in [-0.3, -0.25) is 0 Å². The van der Waals surface area contributed by atoms with Crippen LogP contribution >= 0.6 is 0 Å². The fourth-order valence-electron chi connectivity index (χ4n) is 2.18. The number of rotatable bonds is 4. The summed E-state index contributed by atoms with van der Waals surface area (Å²) in [6.07, 6.45) is 4.98. The minimum absolute atomic E-state index is 0.430. The number of ether oxygens (including phenoxy) is 1. The minimum atomic E-state index is 0.430. The van der Waals surface area contributed by atoms with Gasteiger partial charge in [0.2, 0.25) is 0 Å². The van der Waals surface area contributed by atoms with Gasteiger partial charge < -0.3 is 10.5 Å². The van der Waals surface area contributed by atoms with Gasteiger partial charge in [0.15, 0.2) is 0 Å². The Hall–Kier alpha value is -1.02. The van der Waals surface area contributed by atoms with E-state index in [1.165, 1.54) is 36.8 Å². The second-order valence-corrected chi connectivity index (χ2v) is 4.75. The second-order valence-electron chi connectivity index (χ2n) is 4.75. The summed E-state index contributed by atoms with van der Waals surface area (Å²) in [7, 11) is 0. The first-order chi connectivity index (χ1) is 7.81. The number of hydrogen-bond donors (Lipinski definition) is 1. The molecule has 2 heteroatoms. The van der Waals surface area contributed by atoms with Crippen LogP contribution in [0.5, 0.6) is 5.75 Å². The number of fused-ring (bicyclic) bond motifs is 1. The largest absolute Gasteiger partial charge is 0.493 e. The van der Waals surface area contributed by atoms with Crippen molar-refractivity contribution in [2.75, 3.05) is 13.2 Å². The zero-order valence-electron chi connectivity index (χ0n) is 10.0. The van der Waals surface area contributed by atoms with Gasteiger partial charge in [0.1, 0.15) is 5.75 Å². The Bertz CT molecular complexity index is 349. The Balaban J connectivity index is 2.08. The van der Waals surface area contributed by atoms with E-state index in [0.29, 0.717) is 12.5 Å². The molecule has 0 amide bonds. The molecule has 0 radical (unpaired) electrons. The number of aryl methyl sites for hydroxylation is 1. The molecule has 88 valence electrons. The van der Waals surface area contributed by atoms with Crippen molar-refractivity contribution in [3.8, 4) is 5.75 Å². The molecule has 0 saturated heterocycles. The smallest absolute Gasteiger partial charge is 0.122 e. The summed E-state index contributed by atoms with van der Waals surface area (Å²) in [5.41, 5.74) is 8.50. The van der Waals surface area contributed by atoms with E-state index in [1.807, 2.05) is 0 Å². The number of benzene rings is 1. The average molecular weight is 219 g/mol. The molecule has 2 rings (SSSR count). The maximum Gasteiger partial charge on any atom is 0.122 e. The highest BCUT2D eigenvalue weighted by Crippen LogP contribution is 2.29. The van der Waals surface area contributed by atoms with Crippen LogP contribution in [0.3, 0.4) is 0 Å². The van der Waals surface area contributed by atoms with Crippen molar-refractivity contribution in [1.29, 1.82) is 0 Å². The molecule has 0 bridgehead atoms. The van der Waals surface area contributed by atoms with Crippen LogP contribution < -0.4 is 10.5 Å². The van der Waals surface area contributed by atoms with Crippen molar-refractivity contribution in [3.05, 3.63) is 29.3 Å². The highest BCUT2D eigenvalue weighted by molar-refractivity contribution is 5.41. The topological polar surface area (TPSA) is 35.2 Å². The lowest BCUT2D eigenvalue weighted by Crippen LogP contribution is -2.19. The third-order valence-electron chi connectivity index (χ3n) is 3.28. The first-order valence-corrected chi connectivity index (χ1v) is 6.25. The van der Waals surface area contributed by atoms with Gasteiger partial charge in [0, 0.05) is 5.92 Å². The second kappa shape index (κ2) is 5.35. The summed E-state index contributed by atoms with van der Waals surface area (Å²) in [6.45, 7) is 3.54. The third-order valence-corrected chi connectivity index (χ3v) is 3.28. The normalized spacial score (nSPS) is 16.6. The quantitative estimate of drug-likeness (QED) is 0.844. The van der Waals surface area contributed by atoms with Crippen LogP contribution in [0.4, 0.5) is 0 Å². The predicted octanol–water partition coefficient (Wildman–Crippen LogP) is 2.54. The molecule has 0 aromatic heterocycles. The summed E-state index contributed by atoms with van der Waals surface area (Å²) in [5, 5.41) is 0. The van der Waals surface area contributed by atoms with E-state index >= 15 is 0 Å². The predicted molar refractivity (Wildman–Crippen MR) is 66.8 cm³/mol. The van der Waals surface area contributed by atoms with Crippen molar-refractivity contribution in [2.45, 2.75) is 32.6 Å². The van der Waals surface area contributed by atoms with Crippen LogP contribution in [-0.2, 0) is 12.8 Å². The van der Waals surface area contributed by atoms with E-state index in [-0.39, 0.29) is 0 Å². The van der Waals surface area contributed by atoms with Gasteiger partial charge in [-0.25, -0.2) is 0 Å². The molecule has 1 aromatic carbocycles. The van der Waals surface area contributed by atoms with E-state index in [2.05, 4.69) is 25.1 Å². The Morgan fingerprint density at radius 2 is 2.12 bits per heavy atom. The van der Waals surface area contributed by atoms with Crippen molar-refractivity contribution in [3.63, 3.8) is 0 Å². The van der Waals surface area contributed by atoms with Crippen LogP contribution in [-0.4, -0.2) is 13.2 Å². The molecule has 1 atom stereocenters. The van der Waals surface area contributed by atoms with Crippen LogP contribution in [0, 0.1) is 5.92 Å². The molecule has 1 unspecified atom stereocenters. The van der Waals surface area contributed by atoms with Gasteiger partial charge >= 0.3 is 0 Å². The number of hydrogen-bond acceptors (Lipinski definition) is 2. The SMILES string of the molecule is CC(CN)COc1cccc2c1CCCC2. The Kier molecular flexibility index (Phi) is 3.83. The van der Waals surface area contributed by atoms with Crippen LogP contribution in [0.2, 0.25) is 0 Å². The molecule has 0 aliphatic heterocycles. The zero-order valence-corrected chi connectivity index (χ0v) is 10.0. The van der Waals surface area contributed by atoms with Crippen LogP contribution in [0.15, 0.2) is 18.2 Å². The first-order valence-electron chi connectivity index (χ1n) is 6.25. The molecule has 0 heterocycles. The summed E-state index contributed by atoms with van der Waals surface area (Å²) in [6, 6.07) is 6.42. The van der Waals surface area contributed by atoms with Gasteiger partial charge in [0.05, 0.1) is 6.61 Å². The molecule has 0 spiro atoms. The van der Waals surface area contributed by atoms with Gasteiger partial charge in [-0.1, -0.05) is 19.1 Å². The maximum absolute atomic E-state index is 5.88. The standard InChI is InChI=1S/C14H21NO/c1-11(9-15)10-16-14-8-4-6-12-5-2-3-7-13(12)14/h4,6,8,11H,2-3,5,7,9-10,15H2,1H3. The van der Waals surface area contributed by atoms with Gasteiger partial charge in [-0.15, -0.1) is 0 Å². The Morgan fingerprint density at radius 3 is 2.94 bits per heavy atom. The zero-order chi connectivity index (χ0) is 11.4. The Morgan fingerprint density at radius 1 is 1.31 bits per heavy atom. The van der Waals surface area contributed by atoms with E-state index in [1.54, 1.807) is 0 Å². The van der Waals surface area contributed by atoms with Crippen molar-refractivity contribution in [2.24, 2.45) is 11.7 Å². The molecule has 1 aromatic rings. The average Bonchev–Trinajstić information content (AvgIpc) is 2.35. The van der Waals surface area contributed by atoms with Crippen molar-refractivity contribution >= 4 is 0 Å². The Labute approximate surface area is 97.8 Å². The number of nitrogens with two attached hydrogens (primary N) is 1. The summed E-state index contributed by atoms with van der Waals surface area (Å²) in [5.74, 6) is 1.51. The molecule has 0 saturated carbocycles. The van der Waals surface area contributed by atoms with Crippen LogP contribution in [0.1, 0.15) is 30.9 Å². The monoisotopic (exact) mass is 219 g/mol. The van der Waals surface area contributed by atoms with E-state index in [4.69, 9.17) is 10.5 Å². The molecular weight excluding hydrogens is 198 g/mol. The van der Waals surface area contributed by atoms with E-state index in [0.717, 1.165) is 12.4 Å². The van der Waals surface area contributed by atoms with Gasteiger partial charge in [-0.2, -0.15) is 0 Å². The lowest BCUT2D eigenvalue weighted by molar-refractivity contribution is 0.260. The third kappa shape index (κ3) is 2.56. The fraction of sp³-hybridized carbons (Fsp3) is 0.571. The van der Waals surface area contributed by atoms with Crippen molar-refractivity contribution < 1.29 is 4.74 Å². The lowest BCUT2D eigenvalue weighted by atomic mass is 9.91. The molecule has 2 nitrogen and oxygen atoms in total. The molecule has 0 fully saturated rings. The first kappa shape index (κ1) is 11.5. The highest BCUT2D eigenvalue weighted by Gasteiger charge is 2.14. The van der Waals surface area contributed by atoms with Gasteiger partial charge in [-0.05, 0) is 49.4 Å². The molecule has 16 heavy (non-hydrogen) atoms. The van der Waals surface area contributed by atoms with E-state index in [9.17, 15) is 0 Å². The maximum atomic E-state index is 5.88. The van der Waals surface area contributed by atoms with Gasteiger partial charge in [0.25, 0.3) is 0 Å². The fourth-order valence-corrected chi connectivity index (χ4v) is 2.18. The van der Waals surface area contributed by atoms with E-state index < -0.39 is 0 Å². The summed E-state index contributed by atoms with van der Waals surface area (Å²) >= 11 is 0.